The van der Waals surface area contributed by atoms with Crippen LogP contribution < -0.4 is 10.1 Å². The fourth-order valence-electron chi connectivity index (χ4n) is 4.40. The maximum absolute atomic E-state index is 13.7. The Morgan fingerprint density at radius 3 is 2.56 bits per heavy atom. The highest BCUT2D eigenvalue weighted by Gasteiger charge is 2.48. The number of rotatable bonds is 8. The van der Waals surface area contributed by atoms with Gasteiger partial charge in [0.1, 0.15) is 17.0 Å². The number of nitrogens with one attached hydrogen (secondary N) is 1. The summed E-state index contributed by atoms with van der Waals surface area (Å²) in [4.78, 5) is 28.8. The summed E-state index contributed by atoms with van der Waals surface area (Å²) in [5, 5.41) is 3.81. The predicted molar refractivity (Wildman–Crippen MR) is 132 cm³/mol. The third-order valence-electron chi connectivity index (χ3n) is 6.09. The second-order valence-electron chi connectivity index (χ2n) is 8.48. The molecule has 1 aromatic heterocycles. The molecule has 2 aromatic carbocycles. The van der Waals surface area contributed by atoms with Gasteiger partial charge in [0, 0.05) is 10.7 Å². The van der Waals surface area contributed by atoms with Gasteiger partial charge in [0.05, 0.1) is 17.8 Å². The van der Waals surface area contributed by atoms with Crippen molar-refractivity contribution in [3.8, 4) is 5.75 Å². The topological polar surface area (TPSA) is 71.8 Å². The number of halogens is 2. The number of aryl methyl sites for hydroxylation is 1. The van der Waals surface area contributed by atoms with Crippen LogP contribution in [-0.4, -0.2) is 28.9 Å². The van der Waals surface area contributed by atoms with Gasteiger partial charge in [0.25, 0.3) is 5.91 Å². The smallest absolute Gasteiger partial charge is 0.261 e. The molecule has 6 nitrogen and oxygen atoms in total. The lowest BCUT2D eigenvalue weighted by Crippen LogP contribution is -2.58. The number of benzene rings is 2. The van der Waals surface area contributed by atoms with Crippen LogP contribution in [0.15, 0.2) is 65.3 Å². The first-order chi connectivity index (χ1) is 16.4. The lowest BCUT2D eigenvalue weighted by molar-refractivity contribution is -0.148. The van der Waals surface area contributed by atoms with Gasteiger partial charge >= 0.3 is 0 Å². The molecule has 8 heteroatoms. The SMILES string of the molecule is Cc1cccc(NC(=O)C2(N(Cc3ccco3)C(=O)COc3ccc(Cl)cc3Cl)CCCC2)c1. The van der Waals surface area contributed by atoms with Crippen LogP contribution in [0.3, 0.4) is 0 Å². The summed E-state index contributed by atoms with van der Waals surface area (Å²) in [7, 11) is 0. The average molecular weight is 501 g/mol. The van der Waals surface area contributed by atoms with Crippen LogP contribution in [0.1, 0.15) is 37.0 Å². The standard InChI is InChI=1S/C26H26Cl2N2O4/c1-18-6-4-7-20(14-18)29-25(32)26(11-2-3-12-26)30(16-21-8-5-13-33-21)24(31)17-34-23-10-9-19(27)15-22(23)28/h4-10,13-15H,2-3,11-12,16-17H2,1H3,(H,29,32). The molecular weight excluding hydrogens is 475 g/mol. The van der Waals surface area contributed by atoms with Crippen LogP contribution in [-0.2, 0) is 16.1 Å². The molecule has 0 saturated heterocycles. The number of hydrogen-bond acceptors (Lipinski definition) is 4. The molecule has 1 fully saturated rings. The maximum Gasteiger partial charge on any atom is 0.261 e. The monoisotopic (exact) mass is 500 g/mol. The van der Waals surface area contributed by atoms with Crippen molar-refractivity contribution in [2.75, 3.05) is 11.9 Å². The molecule has 34 heavy (non-hydrogen) atoms. The molecule has 0 radical (unpaired) electrons. The number of carbonyl (C=O) groups excluding carboxylic acids is 2. The molecule has 0 aliphatic heterocycles. The number of anilines is 1. The Morgan fingerprint density at radius 2 is 1.88 bits per heavy atom. The number of amides is 2. The lowest BCUT2D eigenvalue weighted by atomic mass is 9.92. The van der Waals surface area contributed by atoms with E-state index < -0.39 is 5.54 Å². The van der Waals surface area contributed by atoms with E-state index in [2.05, 4.69) is 5.32 Å². The molecule has 1 aliphatic rings. The lowest BCUT2D eigenvalue weighted by Gasteiger charge is -2.39. The van der Waals surface area contributed by atoms with Crippen LogP contribution in [0, 0.1) is 6.92 Å². The molecule has 4 rings (SSSR count). The van der Waals surface area contributed by atoms with Crippen molar-refractivity contribution in [1.29, 1.82) is 0 Å². The van der Waals surface area contributed by atoms with Crippen molar-refractivity contribution in [1.82, 2.24) is 4.90 Å². The van der Waals surface area contributed by atoms with Gasteiger partial charge in [-0.1, -0.05) is 48.2 Å². The van der Waals surface area contributed by atoms with Crippen molar-refractivity contribution in [2.24, 2.45) is 0 Å². The van der Waals surface area contributed by atoms with Gasteiger partial charge in [-0.05, 0) is 67.8 Å². The van der Waals surface area contributed by atoms with Crippen molar-refractivity contribution in [3.63, 3.8) is 0 Å². The summed E-state index contributed by atoms with van der Waals surface area (Å²) in [5.74, 6) is 0.401. The summed E-state index contributed by atoms with van der Waals surface area (Å²) in [6.45, 7) is 1.85. The highest BCUT2D eigenvalue weighted by molar-refractivity contribution is 6.35. The van der Waals surface area contributed by atoms with Crippen LogP contribution in [0.25, 0.3) is 0 Å². The zero-order valence-corrected chi connectivity index (χ0v) is 20.4. The molecule has 1 heterocycles. The number of carbonyl (C=O) groups is 2. The van der Waals surface area contributed by atoms with Crippen LogP contribution in [0.4, 0.5) is 5.69 Å². The third-order valence-corrected chi connectivity index (χ3v) is 6.62. The van der Waals surface area contributed by atoms with E-state index in [0.717, 1.165) is 18.4 Å². The van der Waals surface area contributed by atoms with Gasteiger partial charge in [-0.15, -0.1) is 0 Å². The van der Waals surface area contributed by atoms with Crippen LogP contribution in [0.2, 0.25) is 10.0 Å². The van der Waals surface area contributed by atoms with E-state index in [1.54, 1.807) is 41.5 Å². The van der Waals surface area contributed by atoms with Crippen LogP contribution >= 0.6 is 23.2 Å². The molecule has 0 atom stereocenters. The minimum absolute atomic E-state index is 0.158. The minimum atomic E-state index is -1.01. The number of hydrogen-bond donors (Lipinski definition) is 1. The second kappa shape index (κ2) is 10.5. The summed E-state index contributed by atoms with van der Waals surface area (Å²) < 4.78 is 11.3. The Labute approximate surface area is 208 Å². The fraction of sp³-hybridized carbons (Fsp3) is 0.308. The van der Waals surface area contributed by atoms with E-state index in [-0.39, 0.29) is 25.0 Å². The summed E-state index contributed by atoms with van der Waals surface area (Å²) in [5.41, 5.74) is 0.724. The molecule has 3 aromatic rings. The summed E-state index contributed by atoms with van der Waals surface area (Å²) >= 11 is 12.2. The van der Waals surface area contributed by atoms with Gasteiger partial charge in [-0.3, -0.25) is 9.59 Å². The van der Waals surface area contributed by atoms with Gasteiger partial charge in [0.2, 0.25) is 5.91 Å². The molecule has 0 spiro atoms. The molecule has 1 saturated carbocycles. The van der Waals surface area contributed by atoms with E-state index in [1.807, 2.05) is 31.2 Å². The van der Waals surface area contributed by atoms with Crippen molar-refractivity contribution < 1.29 is 18.7 Å². The molecule has 1 N–H and O–H groups in total. The molecule has 2 amide bonds. The Bertz CT molecular complexity index is 1160. The van der Waals surface area contributed by atoms with Crippen molar-refractivity contribution in [2.45, 2.75) is 44.7 Å². The zero-order valence-electron chi connectivity index (χ0n) is 18.9. The number of furan rings is 1. The first kappa shape index (κ1) is 24.2. The largest absolute Gasteiger partial charge is 0.482 e. The molecule has 1 aliphatic carbocycles. The van der Waals surface area contributed by atoms with Crippen molar-refractivity contribution >= 4 is 40.7 Å². The second-order valence-corrected chi connectivity index (χ2v) is 9.33. The number of ether oxygens (including phenoxy) is 1. The van der Waals surface area contributed by atoms with Gasteiger partial charge in [-0.25, -0.2) is 0 Å². The normalized spacial score (nSPS) is 14.6. The van der Waals surface area contributed by atoms with E-state index in [9.17, 15) is 9.59 Å². The maximum atomic E-state index is 13.7. The van der Waals surface area contributed by atoms with E-state index in [4.69, 9.17) is 32.4 Å². The first-order valence-electron chi connectivity index (χ1n) is 11.2. The summed E-state index contributed by atoms with van der Waals surface area (Å²) in [6.07, 6.45) is 4.34. The first-order valence-corrected chi connectivity index (χ1v) is 11.9. The predicted octanol–water partition coefficient (Wildman–Crippen LogP) is 6.25. The highest BCUT2D eigenvalue weighted by Crippen LogP contribution is 2.38. The Kier molecular flexibility index (Phi) is 7.49. The average Bonchev–Trinajstić information content (AvgIpc) is 3.49. The molecule has 0 unspecified atom stereocenters. The van der Waals surface area contributed by atoms with Gasteiger partial charge < -0.3 is 19.4 Å². The minimum Gasteiger partial charge on any atom is -0.482 e. The fourth-order valence-corrected chi connectivity index (χ4v) is 4.86. The number of nitrogens with zero attached hydrogens (tertiary/aromatic N) is 1. The van der Waals surface area contributed by atoms with E-state index >= 15 is 0 Å². The van der Waals surface area contributed by atoms with Gasteiger partial charge in [-0.2, -0.15) is 0 Å². The molecular formula is C26H26Cl2N2O4. The van der Waals surface area contributed by atoms with Crippen molar-refractivity contribution in [3.05, 3.63) is 82.2 Å². The van der Waals surface area contributed by atoms with Gasteiger partial charge in [0.15, 0.2) is 6.61 Å². The Morgan fingerprint density at radius 1 is 1.09 bits per heavy atom. The van der Waals surface area contributed by atoms with Crippen LogP contribution in [0.5, 0.6) is 5.75 Å². The highest BCUT2D eigenvalue weighted by atomic mass is 35.5. The zero-order chi connectivity index (χ0) is 24.1. The molecule has 0 bridgehead atoms. The Hall–Kier alpha value is -2.96. The quantitative estimate of drug-likeness (QED) is 0.396. The Balaban J connectivity index is 1.60. The molecule has 178 valence electrons. The summed E-state index contributed by atoms with van der Waals surface area (Å²) in [6, 6.07) is 16.0. The van der Waals surface area contributed by atoms with E-state index in [1.165, 1.54) is 0 Å². The third kappa shape index (κ3) is 5.40. The van der Waals surface area contributed by atoms with E-state index in [0.29, 0.717) is 40.1 Å².